The van der Waals surface area contributed by atoms with Crippen LogP contribution in [0.2, 0.25) is 0 Å². The van der Waals surface area contributed by atoms with Gasteiger partial charge in [-0.2, -0.15) is 0 Å². The van der Waals surface area contributed by atoms with Crippen LogP contribution >= 0.6 is 11.8 Å². The second kappa shape index (κ2) is 5.19. The minimum absolute atomic E-state index is 0.451. The van der Waals surface area contributed by atoms with Crippen molar-refractivity contribution in [3.05, 3.63) is 29.3 Å². The molecule has 4 heteroatoms. The van der Waals surface area contributed by atoms with Gasteiger partial charge in [0, 0.05) is 10.6 Å². The zero-order valence-corrected chi connectivity index (χ0v) is 9.80. The lowest BCUT2D eigenvalue weighted by Gasteiger charge is -2.09. The average Bonchev–Trinajstić information content (AvgIpc) is 2.18. The molecule has 0 aliphatic rings. The van der Waals surface area contributed by atoms with E-state index >= 15 is 0 Å². The first-order chi connectivity index (χ1) is 7.00. The van der Waals surface area contributed by atoms with Gasteiger partial charge in [0.05, 0.1) is 6.04 Å². The summed E-state index contributed by atoms with van der Waals surface area (Å²) in [6, 6.07) is 5.64. The monoisotopic (exact) mass is 224 g/mol. The number of rotatable bonds is 4. The third kappa shape index (κ3) is 3.57. The molecule has 3 nitrogen and oxygen atoms in total. The lowest BCUT2D eigenvalue weighted by atomic mass is 10.2. The zero-order chi connectivity index (χ0) is 11.4. The average molecular weight is 224 g/mol. The molecule has 0 saturated carbocycles. The third-order valence-corrected chi connectivity index (χ3v) is 3.40. The molecule has 1 amide bonds. The molecule has 1 aromatic carbocycles. The third-order valence-electron chi connectivity index (χ3n) is 2.13. The topological polar surface area (TPSA) is 69.1 Å². The summed E-state index contributed by atoms with van der Waals surface area (Å²) in [5, 5.41) is 0. The van der Waals surface area contributed by atoms with Gasteiger partial charge in [0.15, 0.2) is 0 Å². The highest BCUT2D eigenvalue weighted by Crippen LogP contribution is 2.23. The van der Waals surface area contributed by atoms with Crippen molar-refractivity contribution >= 4 is 17.7 Å². The van der Waals surface area contributed by atoms with Crippen LogP contribution in [0.25, 0.3) is 0 Å². The van der Waals surface area contributed by atoms with Gasteiger partial charge in [-0.15, -0.1) is 11.8 Å². The zero-order valence-electron chi connectivity index (χ0n) is 8.99. The van der Waals surface area contributed by atoms with Crippen LogP contribution in [-0.4, -0.2) is 17.7 Å². The number of hydrogen-bond donors (Lipinski definition) is 2. The maximum Gasteiger partial charge on any atom is 0.235 e. The molecule has 15 heavy (non-hydrogen) atoms. The Bertz CT molecular complexity index is 366. The Morgan fingerprint density at radius 2 is 2.13 bits per heavy atom. The second-order valence-electron chi connectivity index (χ2n) is 3.59. The quantitative estimate of drug-likeness (QED) is 0.755. The van der Waals surface area contributed by atoms with Crippen molar-refractivity contribution in [3.8, 4) is 0 Å². The van der Waals surface area contributed by atoms with Crippen molar-refractivity contribution in [2.24, 2.45) is 11.5 Å². The molecule has 0 aromatic heterocycles. The lowest BCUT2D eigenvalue weighted by Crippen LogP contribution is -2.38. The normalized spacial score (nSPS) is 12.5. The van der Waals surface area contributed by atoms with Crippen molar-refractivity contribution in [1.29, 1.82) is 0 Å². The van der Waals surface area contributed by atoms with E-state index in [0.717, 1.165) is 4.90 Å². The van der Waals surface area contributed by atoms with Gasteiger partial charge in [-0.05, 0) is 25.5 Å². The Morgan fingerprint density at radius 1 is 1.47 bits per heavy atom. The largest absolute Gasteiger partial charge is 0.368 e. The van der Waals surface area contributed by atoms with Crippen molar-refractivity contribution < 1.29 is 4.79 Å². The Labute approximate surface area is 94.2 Å². The molecule has 1 rings (SSSR count). The van der Waals surface area contributed by atoms with E-state index in [9.17, 15) is 4.79 Å². The maximum atomic E-state index is 10.8. The van der Waals surface area contributed by atoms with Gasteiger partial charge in [-0.1, -0.05) is 17.7 Å². The summed E-state index contributed by atoms with van der Waals surface area (Å²) in [5.74, 6) is 0.0763. The van der Waals surface area contributed by atoms with Crippen LogP contribution in [0.4, 0.5) is 0 Å². The van der Waals surface area contributed by atoms with Crippen LogP contribution < -0.4 is 11.5 Å². The van der Waals surface area contributed by atoms with E-state index < -0.39 is 11.9 Å². The van der Waals surface area contributed by atoms with E-state index in [1.54, 1.807) is 11.8 Å². The molecule has 0 radical (unpaired) electrons. The summed E-state index contributed by atoms with van der Waals surface area (Å²) in [6.45, 7) is 4.08. The number of benzene rings is 1. The summed E-state index contributed by atoms with van der Waals surface area (Å²) < 4.78 is 0. The first-order valence-corrected chi connectivity index (χ1v) is 5.74. The first kappa shape index (κ1) is 12.1. The highest BCUT2D eigenvalue weighted by atomic mass is 32.2. The minimum atomic E-state index is -0.574. The van der Waals surface area contributed by atoms with E-state index in [4.69, 9.17) is 11.5 Å². The highest BCUT2D eigenvalue weighted by molar-refractivity contribution is 7.99. The maximum absolute atomic E-state index is 10.8. The predicted octanol–water partition coefficient (Wildman–Crippen LogP) is 1.21. The standard InChI is InChI=1S/C11H16N2OS/c1-7-3-4-8(2)10(5-7)15-6-9(12)11(13)14/h3-5,9H,6,12H2,1-2H3,(H2,13,14). The Kier molecular flexibility index (Phi) is 4.17. The molecular weight excluding hydrogens is 208 g/mol. The van der Waals surface area contributed by atoms with Crippen LogP contribution in [0.15, 0.2) is 23.1 Å². The van der Waals surface area contributed by atoms with Crippen LogP contribution in [0, 0.1) is 13.8 Å². The van der Waals surface area contributed by atoms with E-state index in [2.05, 4.69) is 18.2 Å². The molecule has 1 atom stereocenters. The van der Waals surface area contributed by atoms with E-state index in [1.807, 2.05) is 13.8 Å². The Balaban J connectivity index is 2.65. The number of carbonyl (C=O) groups excluding carboxylic acids is 1. The summed E-state index contributed by atoms with van der Waals surface area (Å²) in [6.07, 6.45) is 0. The fourth-order valence-electron chi connectivity index (χ4n) is 1.12. The van der Waals surface area contributed by atoms with Crippen LogP contribution in [0.5, 0.6) is 0 Å². The molecule has 0 bridgehead atoms. The van der Waals surface area contributed by atoms with Crippen LogP contribution in [0.3, 0.4) is 0 Å². The highest BCUT2D eigenvalue weighted by Gasteiger charge is 2.10. The van der Waals surface area contributed by atoms with Crippen molar-refractivity contribution in [2.45, 2.75) is 24.8 Å². The van der Waals surface area contributed by atoms with E-state index in [-0.39, 0.29) is 0 Å². The predicted molar refractivity (Wildman–Crippen MR) is 63.8 cm³/mol. The SMILES string of the molecule is Cc1ccc(C)c(SCC(N)C(N)=O)c1. The van der Waals surface area contributed by atoms with Gasteiger partial charge in [-0.25, -0.2) is 0 Å². The molecule has 1 unspecified atom stereocenters. The fraction of sp³-hybridized carbons (Fsp3) is 0.364. The molecule has 1 aromatic rings. The Hall–Kier alpha value is -1.00. The van der Waals surface area contributed by atoms with Gasteiger partial charge >= 0.3 is 0 Å². The Morgan fingerprint density at radius 3 is 2.73 bits per heavy atom. The number of aryl methyl sites for hydroxylation is 2. The molecule has 0 aliphatic carbocycles. The fourth-order valence-corrected chi connectivity index (χ4v) is 2.21. The molecule has 0 heterocycles. The first-order valence-electron chi connectivity index (χ1n) is 4.75. The second-order valence-corrected chi connectivity index (χ2v) is 4.65. The summed E-state index contributed by atoms with van der Waals surface area (Å²) in [4.78, 5) is 11.9. The van der Waals surface area contributed by atoms with Gasteiger partial charge < -0.3 is 11.5 Å². The van der Waals surface area contributed by atoms with Gasteiger partial charge in [0.1, 0.15) is 0 Å². The molecule has 82 valence electrons. The number of nitrogens with two attached hydrogens (primary N) is 2. The summed E-state index contributed by atoms with van der Waals surface area (Å²) in [7, 11) is 0. The number of thioether (sulfide) groups is 1. The van der Waals surface area contributed by atoms with Crippen LogP contribution in [0.1, 0.15) is 11.1 Å². The number of primary amides is 1. The van der Waals surface area contributed by atoms with Gasteiger partial charge in [0.25, 0.3) is 0 Å². The van der Waals surface area contributed by atoms with Crippen molar-refractivity contribution in [2.75, 3.05) is 5.75 Å². The molecule has 0 fully saturated rings. The lowest BCUT2D eigenvalue weighted by molar-refractivity contribution is -0.118. The number of hydrogen-bond acceptors (Lipinski definition) is 3. The molecule has 0 spiro atoms. The van der Waals surface area contributed by atoms with E-state index in [1.165, 1.54) is 11.1 Å². The van der Waals surface area contributed by atoms with Crippen LogP contribution in [-0.2, 0) is 4.79 Å². The smallest absolute Gasteiger partial charge is 0.235 e. The molecule has 0 aliphatic heterocycles. The minimum Gasteiger partial charge on any atom is -0.368 e. The van der Waals surface area contributed by atoms with Crippen molar-refractivity contribution in [3.63, 3.8) is 0 Å². The van der Waals surface area contributed by atoms with E-state index in [0.29, 0.717) is 5.75 Å². The van der Waals surface area contributed by atoms with Gasteiger partial charge in [0.2, 0.25) is 5.91 Å². The number of carbonyl (C=O) groups is 1. The molecule has 0 saturated heterocycles. The molecular formula is C11H16N2OS. The summed E-state index contributed by atoms with van der Waals surface area (Å²) in [5.41, 5.74) is 13.0. The number of amides is 1. The van der Waals surface area contributed by atoms with Gasteiger partial charge in [-0.3, -0.25) is 4.79 Å². The summed E-state index contributed by atoms with van der Waals surface area (Å²) >= 11 is 1.57. The molecule has 4 N–H and O–H groups in total. The van der Waals surface area contributed by atoms with Crippen molar-refractivity contribution in [1.82, 2.24) is 0 Å².